The van der Waals surface area contributed by atoms with Crippen LogP contribution in [0, 0.1) is 0 Å². The Kier molecular flexibility index (Phi) is 6.17. The first-order valence-electron chi connectivity index (χ1n) is 8.48. The van der Waals surface area contributed by atoms with Gasteiger partial charge in [0.15, 0.2) is 11.5 Å². The van der Waals surface area contributed by atoms with E-state index in [4.69, 9.17) is 9.15 Å². The number of nitrogens with one attached hydrogen (secondary N) is 1. The number of aryl methyl sites for hydroxylation is 1. The first-order chi connectivity index (χ1) is 11.8. The molecule has 1 aromatic carbocycles. The fourth-order valence-electron chi connectivity index (χ4n) is 2.29. The molecule has 0 saturated carbocycles. The number of nitrogens with zero attached hydrogens (tertiary/aromatic N) is 1. The van der Waals surface area contributed by atoms with Gasteiger partial charge in [0.2, 0.25) is 0 Å². The molecule has 0 aliphatic heterocycles. The molecule has 1 N–H and O–H groups in total. The van der Waals surface area contributed by atoms with E-state index in [1.807, 2.05) is 0 Å². The molecule has 0 aliphatic rings. The molecule has 1 amide bonds. The minimum Gasteiger partial charge on any atom is -0.444 e. The van der Waals surface area contributed by atoms with Gasteiger partial charge in [-0.3, -0.25) is 0 Å². The Morgan fingerprint density at radius 1 is 1.40 bits per heavy atom. The van der Waals surface area contributed by atoms with Crippen LogP contribution < -0.4 is 5.32 Å². The van der Waals surface area contributed by atoms with Gasteiger partial charge in [-0.2, -0.15) is 0 Å². The summed E-state index contributed by atoms with van der Waals surface area (Å²) in [5.41, 5.74) is 1.72. The molecule has 136 valence electrons. The van der Waals surface area contributed by atoms with Crippen LogP contribution in [0.15, 0.2) is 28.9 Å². The average Bonchev–Trinajstić information content (AvgIpc) is 2.94. The van der Waals surface area contributed by atoms with Crippen molar-refractivity contribution >= 4 is 22.8 Å². The molecule has 0 aliphatic carbocycles. The number of carbonyl (C=O) groups excluding carboxylic acids is 1. The Labute approximate surface area is 147 Å². The number of alkyl carbamates (subject to hydrolysis) is 1. The molecule has 2 rings (SSSR count). The number of aromatic nitrogens is 1. The lowest BCUT2D eigenvalue weighted by Crippen LogP contribution is -2.33. The SMILES string of the molecule is CCCCc1nc2ccc(C(=CF)CNC(=O)OC(C)(C)C)cc2o1. The highest BCUT2D eigenvalue weighted by molar-refractivity contribution is 5.80. The largest absolute Gasteiger partial charge is 0.444 e. The van der Waals surface area contributed by atoms with Crippen molar-refractivity contribution in [2.45, 2.75) is 52.6 Å². The standard InChI is InChI=1S/C19H25FN2O3/c1-5-6-7-17-22-15-9-8-13(10-16(15)24-17)14(11-20)12-21-18(23)25-19(2,3)4/h8-11H,5-7,12H2,1-4H3,(H,21,23). The molecular formula is C19H25FN2O3. The number of amides is 1. The summed E-state index contributed by atoms with van der Waals surface area (Å²) in [5.74, 6) is 0.687. The fraction of sp³-hybridized carbons (Fsp3) is 0.474. The van der Waals surface area contributed by atoms with E-state index in [0.717, 1.165) is 24.8 Å². The summed E-state index contributed by atoms with van der Waals surface area (Å²) < 4.78 is 24.2. The first kappa shape index (κ1) is 19.0. The molecule has 0 fully saturated rings. The summed E-state index contributed by atoms with van der Waals surface area (Å²) in [4.78, 5) is 16.1. The van der Waals surface area contributed by atoms with Gasteiger partial charge in [0.1, 0.15) is 11.1 Å². The van der Waals surface area contributed by atoms with Crippen LogP contribution in [0.3, 0.4) is 0 Å². The topological polar surface area (TPSA) is 64.4 Å². The molecule has 2 aromatic rings. The van der Waals surface area contributed by atoms with E-state index in [0.29, 0.717) is 28.9 Å². The minimum atomic E-state index is -0.600. The minimum absolute atomic E-state index is 0.0216. The molecule has 6 heteroatoms. The maximum atomic E-state index is 13.3. The number of fused-ring (bicyclic) bond motifs is 1. The lowest BCUT2D eigenvalue weighted by Gasteiger charge is -2.20. The van der Waals surface area contributed by atoms with E-state index in [-0.39, 0.29) is 6.54 Å². The highest BCUT2D eigenvalue weighted by atomic mass is 19.1. The van der Waals surface area contributed by atoms with E-state index in [1.165, 1.54) is 0 Å². The highest BCUT2D eigenvalue weighted by Gasteiger charge is 2.16. The zero-order valence-electron chi connectivity index (χ0n) is 15.2. The van der Waals surface area contributed by atoms with Crippen LogP contribution in [0.4, 0.5) is 9.18 Å². The van der Waals surface area contributed by atoms with Gasteiger partial charge < -0.3 is 14.5 Å². The van der Waals surface area contributed by atoms with Crippen LogP contribution in [0.2, 0.25) is 0 Å². The molecule has 0 unspecified atom stereocenters. The third-order valence-electron chi connectivity index (χ3n) is 3.50. The molecular weight excluding hydrogens is 323 g/mol. The molecule has 1 aromatic heterocycles. The smallest absolute Gasteiger partial charge is 0.407 e. The second kappa shape index (κ2) is 8.14. The van der Waals surface area contributed by atoms with Crippen molar-refractivity contribution in [2.75, 3.05) is 6.54 Å². The van der Waals surface area contributed by atoms with Crippen LogP contribution in [-0.4, -0.2) is 23.2 Å². The lowest BCUT2D eigenvalue weighted by molar-refractivity contribution is 0.0535. The maximum Gasteiger partial charge on any atom is 0.407 e. The van der Waals surface area contributed by atoms with Gasteiger partial charge in [-0.1, -0.05) is 19.4 Å². The van der Waals surface area contributed by atoms with Crippen molar-refractivity contribution in [1.82, 2.24) is 10.3 Å². The average molecular weight is 348 g/mol. The first-order valence-corrected chi connectivity index (χ1v) is 8.48. The summed E-state index contributed by atoms with van der Waals surface area (Å²) in [5, 5.41) is 2.55. The Morgan fingerprint density at radius 2 is 2.16 bits per heavy atom. The van der Waals surface area contributed by atoms with E-state index in [9.17, 15) is 9.18 Å². The number of unbranched alkanes of at least 4 members (excludes halogenated alkanes) is 1. The number of carbonyl (C=O) groups is 1. The van der Waals surface area contributed by atoms with Gasteiger partial charge in [0.25, 0.3) is 0 Å². The van der Waals surface area contributed by atoms with Crippen molar-refractivity contribution in [1.29, 1.82) is 0 Å². The predicted molar refractivity (Wildman–Crippen MR) is 95.9 cm³/mol. The van der Waals surface area contributed by atoms with Gasteiger partial charge in [0.05, 0.1) is 6.33 Å². The lowest BCUT2D eigenvalue weighted by atomic mass is 10.1. The molecule has 5 nitrogen and oxygen atoms in total. The predicted octanol–water partition coefficient (Wildman–Crippen LogP) is 5.01. The quantitative estimate of drug-likeness (QED) is 0.797. The number of halogens is 1. The van der Waals surface area contributed by atoms with E-state index >= 15 is 0 Å². The summed E-state index contributed by atoms with van der Waals surface area (Å²) in [7, 11) is 0. The Bertz CT molecular complexity index is 760. The fourth-order valence-corrected chi connectivity index (χ4v) is 2.29. The zero-order chi connectivity index (χ0) is 18.4. The summed E-state index contributed by atoms with van der Waals surface area (Å²) >= 11 is 0. The van der Waals surface area contributed by atoms with Gasteiger partial charge >= 0.3 is 6.09 Å². The molecule has 0 atom stereocenters. The maximum absolute atomic E-state index is 13.3. The van der Waals surface area contributed by atoms with E-state index in [1.54, 1.807) is 39.0 Å². The number of ether oxygens (including phenoxy) is 1. The van der Waals surface area contributed by atoms with E-state index < -0.39 is 11.7 Å². The third kappa shape index (κ3) is 5.59. The zero-order valence-corrected chi connectivity index (χ0v) is 15.2. The van der Waals surface area contributed by atoms with Crippen LogP contribution >= 0.6 is 0 Å². The monoisotopic (exact) mass is 348 g/mol. The number of benzene rings is 1. The summed E-state index contributed by atoms with van der Waals surface area (Å²) in [6.07, 6.45) is 2.75. The highest BCUT2D eigenvalue weighted by Crippen LogP contribution is 2.23. The molecule has 0 bridgehead atoms. The van der Waals surface area contributed by atoms with Crippen molar-refractivity contribution in [3.05, 3.63) is 36.0 Å². The van der Waals surface area contributed by atoms with E-state index in [2.05, 4.69) is 17.2 Å². The normalized spacial score (nSPS) is 12.4. The second-order valence-corrected chi connectivity index (χ2v) is 6.88. The van der Waals surface area contributed by atoms with Crippen LogP contribution in [0.1, 0.15) is 52.0 Å². The number of hydrogen-bond acceptors (Lipinski definition) is 4. The molecule has 25 heavy (non-hydrogen) atoms. The Balaban J connectivity index is 2.08. The van der Waals surface area contributed by atoms with Crippen LogP contribution in [0.25, 0.3) is 16.7 Å². The molecule has 0 spiro atoms. The third-order valence-corrected chi connectivity index (χ3v) is 3.50. The second-order valence-electron chi connectivity index (χ2n) is 6.88. The molecule has 1 heterocycles. The van der Waals surface area contributed by atoms with Crippen molar-refractivity contribution in [2.24, 2.45) is 0 Å². The molecule has 0 saturated heterocycles. The van der Waals surface area contributed by atoms with Gasteiger partial charge in [-0.15, -0.1) is 0 Å². The van der Waals surface area contributed by atoms with Crippen LogP contribution in [-0.2, 0) is 11.2 Å². The molecule has 0 radical (unpaired) electrons. The number of rotatable bonds is 6. The van der Waals surface area contributed by atoms with Crippen molar-refractivity contribution in [3.63, 3.8) is 0 Å². The Hall–Kier alpha value is -2.37. The van der Waals surface area contributed by atoms with Crippen molar-refractivity contribution < 1.29 is 18.3 Å². The summed E-state index contributed by atoms with van der Waals surface area (Å²) in [6.45, 7) is 7.44. The Morgan fingerprint density at radius 3 is 2.80 bits per heavy atom. The summed E-state index contributed by atoms with van der Waals surface area (Å²) in [6, 6.07) is 5.29. The van der Waals surface area contributed by atoms with Gasteiger partial charge in [-0.05, 0) is 44.9 Å². The van der Waals surface area contributed by atoms with Gasteiger partial charge in [0, 0.05) is 18.5 Å². The van der Waals surface area contributed by atoms with Crippen LogP contribution in [0.5, 0.6) is 0 Å². The number of hydrogen-bond donors (Lipinski definition) is 1. The van der Waals surface area contributed by atoms with Gasteiger partial charge in [-0.25, -0.2) is 14.2 Å². The van der Waals surface area contributed by atoms with Crippen molar-refractivity contribution in [3.8, 4) is 0 Å². The number of oxazole rings is 1.